The highest BCUT2D eigenvalue weighted by atomic mass is 32.2. The van der Waals surface area contributed by atoms with Gasteiger partial charge in [-0.05, 0) is 18.4 Å². The van der Waals surface area contributed by atoms with Crippen LogP contribution in [-0.4, -0.2) is 30.2 Å². The first-order valence-corrected chi connectivity index (χ1v) is 8.04. The Kier molecular flexibility index (Phi) is 5.32. The lowest BCUT2D eigenvalue weighted by molar-refractivity contribution is -0.128. The topological polar surface area (TPSA) is 20.3 Å². The van der Waals surface area contributed by atoms with Crippen LogP contribution in [0.4, 0.5) is 0 Å². The maximum atomic E-state index is 12.4. The number of likely N-dealkylation sites (N-methyl/N-ethyl adjacent to an activating group) is 1. The maximum Gasteiger partial charge on any atom is 0.239 e. The number of hydrogen-bond donors (Lipinski definition) is 0. The van der Waals surface area contributed by atoms with E-state index in [1.807, 2.05) is 44.1 Å². The Morgan fingerprint density at radius 3 is 2.37 bits per heavy atom. The molecule has 1 unspecified atom stereocenters. The van der Waals surface area contributed by atoms with Gasteiger partial charge in [-0.15, -0.1) is 11.8 Å². The number of carbonyl (C=O) groups is 1. The first kappa shape index (κ1) is 14.4. The Labute approximate surface area is 120 Å². The van der Waals surface area contributed by atoms with Gasteiger partial charge in [0.1, 0.15) is 5.25 Å². The van der Waals surface area contributed by atoms with Gasteiger partial charge in [0.2, 0.25) is 5.91 Å². The van der Waals surface area contributed by atoms with E-state index in [0.717, 1.165) is 5.56 Å². The van der Waals surface area contributed by atoms with Crippen molar-refractivity contribution < 1.29 is 4.79 Å². The number of rotatable bonds is 4. The van der Waals surface area contributed by atoms with Crippen LogP contribution in [-0.2, 0) is 4.79 Å². The Bertz CT molecular complexity index is 398. The van der Waals surface area contributed by atoms with E-state index in [2.05, 4.69) is 12.1 Å². The van der Waals surface area contributed by atoms with Crippen molar-refractivity contribution in [2.45, 2.75) is 42.6 Å². The molecule has 2 nitrogen and oxygen atoms in total. The number of nitrogens with zero attached hydrogens (tertiary/aromatic N) is 1. The summed E-state index contributed by atoms with van der Waals surface area (Å²) in [6, 6.07) is 10.2. The van der Waals surface area contributed by atoms with Gasteiger partial charge in [0.05, 0.1) is 0 Å². The van der Waals surface area contributed by atoms with Crippen LogP contribution < -0.4 is 0 Å². The van der Waals surface area contributed by atoms with Gasteiger partial charge in [0.15, 0.2) is 0 Å². The number of amides is 1. The summed E-state index contributed by atoms with van der Waals surface area (Å²) in [7, 11) is 3.69. The molecule has 0 heterocycles. The third-order valence-electron chi connectivity index (χ3n) is 3.65. The molecule has 104 valence electrons. The van der Waals surface area contributed by atoms with Gasteiger partial charge in [-0.25, -0.2) is 0 Å². The predicted molar refractivity (Wildman–Crippen MR) is 82.3 cm³/mol. The molecular formula is C16H23NOS. The Hall–Kier alpha value is -0.960. The van der Waals surface area contributed by atoms with Crippen LogP contribution in [0.15, 0.2) is 30.3 Å². The van der Waals surface area contributed by atoms with Crippen molar-refractivity contribution in [1.29, 1.82) is 0 Å². The van der Waals surface area contributed by atoms with Crippen molar-refractivity contribution in [1.82, 2.24) is 4.90 Å². The van der Waals surface area contributed by atoms with Crippen molar-refractivity contribution in [3.05, 3.63) is 35.9 Å². The zero-order chi connectivity index (χ0) is 13.7. The maximum absolute atomic E-state index is 12.4. The van der Waals surface area contributed by atoms with Gasteiger partial charge in [0, 0.05) is 19.3 Å². The highest BCUT2D eigenvalue weighted by molar-refractivity contribution is 8.00. The highest BCUT2D eigenvalue weighted by Gasteiger charge is 2.27. The third kappa shape index (κ3) is 4.00. The second-order valence-corrected chi connectivity index (χ2v) is 6.83. The van der Waals surface area contributed by atoms with Crippen LogP contribution in [0.3, 0.4) is 0 Å². The van der Waals surface area contributed by atoms with E-state index in [0.29, 0.717) is 5.25 Å². The minimum atomic E-state index is -0.0423. The van der Waals surface area contributed by atoms with Crippen LogP contribution >= 0.6 is 11.8 Å². The average molecular weight is 277 g/mol. The van der Waals surface area contributed by atoms with E-state index >= 15 is 0 Å². The molecule has 0 radical (unpaired) electrons. The fourth-order valence-corrected chi connectivity index (χ4v) is 4.17. The number of carbonyl (C=O) groups excluding carboxylic acids is 1. The lowest BCUT2D eigenvalue weighted by atomic mass is 10.0. The van der Waals surface area contributed by atoms with Gasteiger partial charge in [-0.2, -0.15) is 0 Å². The van der Waals surface area contributed by atoms with Crippen molar-refractivity contribution in [3.63, 3.8) is 0 Å². The molecule has 3 heteroatoms. The normalized spacial score (nSPS) is 18.0. The smallest absolute Gasteiger partial charge is 0.239 e. The monoisotopic (exact) mass is 277 g/mol. The van der Waals surface area contributed by atoms with Gasteiger partial charge >= 0.3 is 0 Å². The molecule has 0 aliphatic heterocycles. The summed E-state index contributed by atoms with van der Waals surface area (Å²) in [6.07, 6.45) is 6.50. The molecule has 0 aromatic heterocycles. The second-order valence-electron chi connectivity index (χ2n) is 5.42. The van der Waals surface area contributed by atoms with Crippen LogP contribution in [0.5, 0.6) is 0 Å². The molecule has 1 fully saturated rings. The second kappa shape index (κ2) is 6.99. The molecule has 19 heavy (non-hydrogen) atoms. The van der Waals surface area contributed by atoms with Gasteiger partial charge in [-0.1, -0.05) is 49.6 Å². The molecule has 1 saturated carbocycles. The van der Waals surface area contributed by atoms with Crippen LogP contribution in [0.1, 0.15) is 42.9 Å². The Morgan fingerprint density at radius 1 is 1.16 bits per heavy atom. The molecule has 1 aliphatic carbocycles. The minimum Gasteiger partial charge on any atom is -0.348 e. The first-order valence-electron chi connectivity index (χ1n) is 7.10. The SMILES string of the molecule is CN(C)C(=O)C(SC1CCCCC1)c1ccccc1. The molecule has 0 spiro atoms. The lowest BCUT2D eigenvalue weighted by Crippen LogP contribution is -2.28. The summed E-state index contributed by atoms with van der Waals surface area (Å²) < 4.78 is 0. The molecule has 0 N–H and O–H groups in total. The average Bonchev–Trinajstić information content (AvgIpc) is 2.46. The molecule has 1 atom stereocenters. The van der Waals surface area contributed by atoms with E-state index in [-0.39, 0.29) is 11.2 Å². The lowest BCUT2D eigenvalue weighted by Gasteiger charge is -2.27. The zero-order valence-electron chi connectivity index (χ0n) is 11.8. The highest BCUT2D eigenvalue weighted by Crippen LogP contribution is 2.39. The van der Waals surface area contributed by atoms with E-state index in [4.69, 9.17) is 0 Å². The first-order chi connectivity index (χ1) is 9.18. The molecular weight excluding hydrogens is 254 g/mol. The van der Waals surface area contributed by atoms with Crippen LogP contribution in [0.2, 0.25) is 0 Å². The number of hydrogen-bond acceptors (Lipinski definition) is 2. The summed E-state index contributed by atoms with van der Waals surface area (Å²) in [5, 5.41) is 0.599. The van der Waals surface area contributed by atoms with E-state index < -0.39 is 0 Å². The molecule has 0 saturated heterocycles. The largest absolute Gasteiger partial charge is 0.348 e. The number of benzene rings is 1. The van der Waals surface area contributed by atoms with Gasteiger partial charge in [-0.3, -0.25) is 4.79 Å². The fraction of sp³-hybridized carbons (Fsp3) is 0.562. The molecule has 1 amide bonds. The van der Waals surface area contributed by atoms with Crippen molar-refractivity contribution in [2.75, 3.05) is 14.1 Å². The van der Waals surface area contributed by atoms with Crippen LogP contribution in [0.25, 0.3) is 0 Å². The summed E-state index contributed by atoms with van der Waals surface area (Å²) in [4.78, 5) is 14.1. The molecule has 1 aromatic rings. The van der Waals surface area contributed by atoms with Crippen molar-refractivity contribution in [2.24, 2.45) is 0 Å². The standard InChI is InChI=1S/C16H23NOS/c1-17(2)16(18)15(13-9-5-3-6-10-13)19-14-11-7-4-8-12-14/h3,5-6,9-10,14-15H,4,7-8,11-12H2,1-2H3. The summed E-state index contributed by atoms with van der Waals surface area (Å²) in [5.41, 5.74) is 1.14. The Morgan fingerprint density at radius 2 is 1.79 bits per heavy atom. The van der Waals surface area contributed by atoms with Crippen LogP contribution in [0, 0.1) is 0 Å². The summed E-state index contributed by atoms with van der Waals surface area (Å²) in [5.74, 6) is 0.210. The van der Waals surface area contributed by atoms with E-state index in [1.165, 1.54) is 32.1 Å². The molecule has 1 aliphatic rings. The number of thioether (sulfide) groups is 1. The van der Waals surface area contributed by atoms with Crippen molar-refractivity contribution >= 4 is 17.7 Å². The van der Waals surface area contributed by atoms with Gasteiger partial charge < -0.3 is 4.90 Å². The summed E-state index contributed by atoms with van der Waals surface area (Å²) >= 11 is 1.86. The molecule has 1 aromatic carbocycles. The third-order valence-corrected chi connectivity index (χ3v) is 5.25. The fourth-order valence-electron chi connectivity index (χ4n) is 2.54. The zero-order valence-corrected chi connectivity index (χ0v) is 12.7. The molecule has 2 rings (SSSR count). The minimum absolute atomic E-state index is 0.0423. The van der Waals surface area contributed by atoms with E-state index in [1.54, 1.807) is 4.90 Å². The van der Waals surface area contributed by atoms with Gasteiger partial charge in [0.25, 0.3) is 0 Å². The quantitative estimate of drug-likeness (QED) is 0.832. The molecule has 0 bridgehead atoms. The summed E-state index contributed by atoms with van der Waals surface area (Å²) in [6.45, 7) is 0. The van der Waals surface area contributed by atoms with Crippen molar-refractivity contribution in [3.8, 4) is 0 Å². The Balaban J connectivity index is 2.12. The predicted octanol–water partition coefficient (Wildman–Crippen LogP) is 3.88. The van der Waals surface area contributed by atoms with E-state index in [9.17, 15) is 4.79 Å².